The van der Waals surface area contributed by atoms with Gasteiger partial charge in [-0.25, -0.2) is 4.39 Å². The average molecular weight is 227 g/mol. The zero-order valence-corrected chi connectivity index (χ0v) is 9.92. The maximum atomic E-state index is 13.4. The van der Waals surface area contributed by atoms with Crippen LogP contribution >= 0.6 is 0 Å². The van der Waals surface area contributed by atoms with Crippen molar-refractivity contribution < 1.29 is 13.9 Å². The summed E-state index contributed by atoms with van der Waals surface area (Å²) in [4.78, 5) is 0. The molecule has 0 radical (unpaired) electrons. The molecule has 0 saturated carbocycles. The predicted molar refractivity (Wildman–Crippen MR) is 61.6 cm³/mol. The molecule has 1 atom stereocenters. The third-order valence-electron chi connectivity index (χ3n) is 2.63. The van der Waals surface area contributed by atoms with Crippen LogP contribution in [0.15, 0.2) is 12.1 Å². The van der Waals surface area contributed by atoms with E-state index in [9.17, 15) is 4.39 Å². The Labute approximate surface area is 95.4 Å². The summed E-state index contributed by atoms with van der Waals surface area (Å²) in [6.45, 7) is 2.62. The van der Waals surface area contributed by atoms with E-state index in [2.05, 4.69) is 0 Å². The van der Waals surface area contributed by atoms with Gasteiger partial charge in [0.05, 0.1) is 14.2 Å². The largest absolute Gasteiger partial charge is 0.496 e. The van der Waals surface area contributed by atoms with Crippen LogP contribution in [-0.4, -0.2) is 20.8 Å². The van der Waals surface area contributed by atoms with Gasteiger partial charge in [-0.2, -0.15) is 0 Å². The molecule has 90 valence electrons. The Morgan fingerprint density at radius 3 is 2.38 bits per heavy atom. The van der Waals surface area contributed by atoms with Crippen LogP contribution in [-0.2, 0) is 0 Å². The Kier molecular flexibility index (Phi) is 4.55. The molecule has 1 rings (SSSR count). The summed E-state index contributed by atoms with van der Waals surface area (Å²) in [6, 6.07) is 3.02. The van der Waals surface area contributed by atoms with Crippen LogP contribution in [0.1, 0.15) is 24.8 Å². The van der Waals surface area contributed by atoms with Gasteiger partial charge < -0.3 is 15.2 Å². The summed E-state index contributed by atoms with van der Waals surface area (Å²) in [5, 5.41) is 0. The number of ether oxygens (including phenoxy) is 2. The molecule has 0 bridgehead atoms. The molecule has 1 aromatic rings. The molecule has 0 heterocycles. The summed E-state index contributed by atoms with van der Waals surface area (Å²) in [5.41, 5.74) is 6.44. The van der Waals surface area contributed by atoms with Crippen LogP contribution < -0.4 is 15.2 Å². The quantitative estimate of drug-likeness (QED) is 0.839. The van der Waals surface area contributed by atoms with Crippen LogP contribution in [0.3, 0.4) is 0 Å². The lowest BCUT2D eigenvalue weighted by molar-refractivity contribution is 0.372. The lowest BCUT2D eigenvalue weighted by Gasteiger charge is -2.16. The monoisotopic (exact) mass is 227 g/mol. The minimum absolute atomic E-state index is 0.217. The van der Waals surface area contributed by atoms with Gasteiger partial charge in [0.1, 0.15) is 5.75 Å². The van der Waals surface area contributed by atoms with E-state index in [4.69, 9.17) is 15.2 Å². The first-order valence-corrected chi connectivity index (χ1v) is 5.25. The minimum atomic E-state index is -0.414. The lowest BCUT2D eigenvalue weighted by Crippen LogP contribution is -2.06. The van der Waals surface area contributed by atoms with Crippen molar-refractivity contribution in [1.82, 2.24) is 0 Å². The van der Waals surface area contributed by atoms with Crippen molar-refractivity contribution in [2.75, 3.05) is 20.8 Å². The van der Waals surface area contributed by atoms with Gasteiger partial charge in [-0.3, -0.25) is 0 Å². The molecule has 0 fully saturated rings. The Balaban J connectivity index is 3.13. The molecule has 2 N–H and O–H groups in total. The van der Waals surface area contributed by atoms with Gasteiger partial charge in [-0.15, -0.1) is 0 Å². The van der Waals surface area contributed by atoms with Gasteiger partial charge in [-0.05, 0) is 24.9 Å². The van der Waals surface area contributed by atoms with Crippen LogP contribution in [0.5, 0.6) is 11.5 Å². The number of hydrogen-bond acceptors (Lipinski definition) is 3. The van der Waals surface area contributed by atoms with Gasteiger partial charge >= 0.3 is 0 Å². The molecule has 0 amide bonds. The van der Waals surface area contributed by atoms with E-state index in [1.54, 1.807) is 6.07 Å². The normalized spacial score (nSPS) is 12.3. The number of methoxy groups -OCH3 is 2. The Hall–Kier alpha value is -1.29. The number of nitrogens with two attached hydrogens (primary N) is 1. The number of benzene rings is 1. The van der Waals surface area contributed by atoms with Gasteiger partial charge in [0.25, 0.3) is 0 Å². The highest BCUT2D eigenvalue weighted by atomic mass is 19.1. The molecule has 1 unspecified atom stereocenters. The second-order valence-electron chi connectivity index (χ2n) is 3.71. The molecule has 3 nitrogen and oxygen atoms in total. The number of hydrogen-bond donors (Lipinski definition) is 1. The topological polar surface area (TPSA) is 44.5 Å². The van der Waals surface area contributed by atoms with Gasteiger partial charge in [0.15, 0.2) is 11.6 Å². The van der Waals surface area contributed by atoms with E-state index in [0.29, 0.717) is 12.3 Å². The number of rotatable bonds is 5. The summed E-state index contributed by atoms with van der Waals surface area (Å²) in [7, 11) is 2.97. The van der Waals surface area contributed by atoms with Crippen LogP contribution in [0.2, 0.25) is 0 Å². The highest BCUT2D eigenvalue weighted by Gasteiger charge is 2.15. The molecule has 16 heavy (non-hydrogen) atoms. The fourth-order valence-corrected chi connectivity index (χ4v) is 1.67. The molecule has 0 aliphatic rings. The zero-order chi connectivity index (χ0) is 12.1. The molecule has 0 spiro atoms. The van der Waals surface area contributed by atoms with E-state index in [0.717, 1.165) is 12.0 Å². The number of halogens is 1. The zero-order valence-electron chi connectivity index (χ0n) is 9.92. The standard InChI is InChI=1S/C12H18FNO2/c1-8(4-5-14)9-6-12(16-3)10(13)7-11(9)15-2/h6-8H,4-5,14H2,1-3H3. The van der Waals surface area contributed by atoms with E-state index < -0.39 is 5.82 Å². The van der Waals surface area contributed by atoms with E-state index in [-0.39, 0.29) is 11.7 Å². The van der Waals surface area contributed by atoms with Gasteiger partial charge in [0.2, 0.25) is 0 Å². The van der Waals surface area contributed by atoms with Crippen molar-refractivity contribution in [2.45, 2.75) is 19.3 Å². The molecule has 1 aromatic carbocycles. The second-order valence-corrected chi connectivity index (χ2v) is 3.71. The van der Waals surface area contributed by atoms with Crippen molar-refractivity contribution in [2.24, 2.45) is 5.73 Å². The maximum Gasteiger partial charge on any atom is 0.168 e. The van der Waals surface area contributed by atoms with Gasteiger partial charge in [0, 0.05) is 11.6 Å². The van der Waals surface area contributed by atoms with Gasteiger partial charge in [-0.1, -0.05) is 6.92 Å². The molecule has 0 aromatic heterocycles. The van der Waals surface area contributed by atoms with Crippen LogP contribution in [0.25, 0.3) is 0 Å². The Morgan fingerprint density at radius 1 is 1.25 bits per heavy atom. The van der Waals surface area contributed by atoms with E-state index >= 15 is 0 Å². The first kappa shape index (κ1) is 12.8. The first-order chi connectivity index (χ1) is 7.63. The third-order valence-corrected chi connectivity index (χ3v) is 2.63. The SMILES string of the molecule is COc1cc(C(C)CCN)c(OC)cc1F. The van der Waals surface area contributed by atoms with Crippen molar-refractivity contribution in [3.8, 4) is 11.5 Å². The second kappa shape index (κ2) is 5.70. The highest BCUT2D eigenvalue weighted by molar-refractivity contribution is 5.43. The summed E-state index contributed by atoms with van der Waals surface area (Å²) < 4.78 is 23.5. The molecule has 0 aliphatic carbocycles. The predicted octanol–water partition coefficient (Wildman–Crippen LogP) is 2.30. The van der Waals surface area contributed by atoms with Crippen molar-refractivity contribution in [3.63, 3.8) is 0 Å². The summed E-state index contributed by atoms with van der Waals surface area (Å²) in [6.07, 6.45) is 0.825. The summed E-state index contributed by atoms with van der Waals surface area (Å²) in [5.74, 6) is 0.580. The summed E-state index contributed by atoms with van der Waals surface area (Å²) >= 11 is 0. The Bertz CT molecular complexity index is 355. The molecule has 0 aliphatic heterocycles. The first-order valence-electron chi connectivity index (χ1n) is 5.25. The van der Waals surface area contributed by atoms with E-state index in [1.165, 1.54) is 20.3 Å². The molecular formula is C12H18FNO2. The fraction of sp³-hybridized carbons (Fsp3) is 0.500. The highest BCUT2D eigenvalue weighted by Crippen LogP contribution is 2.33. The van der Waals surface area contributed by atoms with E-state index in [1.807, 2.05) is 6.92 Å². The van der Waals surface area contributed by atoms with Crippen LogP contribution in [0.4, 0.5) is 4.39 Å². The maximum absolute atomic E-state index is 13.4. The molecule has 4 heteroatoms. The van der Waals surface area contributed by atoms with Crippen molar-refractivity contribution in [3.05, 3.63) is 23.5 Å². The smallest absolute Gasteiger partial charge is 0.168 e. The lowest BCUT2D eigenvalue weighted by atomic mass is 9.96. The molecular weight excluding hydrogens is 209 g/mol. The minimum Gasteiger partial charge on any atom is -0.496 e. The fourth-order valence-electron chi connectivity index (χ4n) is 1.67. The third kappa shape index (κ3) is 2.64. The average Bonchev–Trinajstić information content (AvgIpc) is 2.28. The van der Waals surface area contributed by atoms with Crippen molar-refractivity contribution in [1.29, 1.82) is 0 Å². The Morgan fingerprint density at radius 2 is 1.88 bits per heavy atom. The van der Waals surface area contributed by atoms with Crippen molar-refractivity contribution >= 4 is 0 Å². The molecule has 0 saturated heterocycles. The van der Waals surface area contributed by atoms with Crippen LogP contribution in [0, 0.1) is 5.82 Å².